The lowest BCUT2D eigenvalue weighted by Crippen LogP contribution is -2.31. The van der Waals surface area contributed by atoms with Crippen LogP contribution in [0.4, 0.5) is 0 Å². The maximum Gasteiger partial charge on any atom is 0.251 e. The number of aromatic nitrogens is 3. The average Bonchev–Trinajstić information content (AvgIpc) is 2.98. The van der Waals surface area contributed by atoms with Crippen LogP contribution in [0.25, 0.3) is 17.0 Å². The van der Waals surface area contributed by atoms with Crippen molar-refractivity contribution in [3.63, 3.8) is 0 Å². The van der Waals surface area contributed by atoms with Crippen LogP contribution in [0.5, 0.6) is 0 Å². The van der Waals surface area contributed by atoms with Crippen molar-refractivity contribution >= 4 is 23.2 Å². The molecule has 0 saturated heterocycles. The summed E-state index contributed by atoms with van der Waals surface area (Å²) in [4.78, 5) is 12.2. The van der Waals surface area contributed by atoms with E-state index in [1.807, 2.05) is 48.7 Å². The monoisotopic (exact) mass is 328 g/mol. The van der Waals surface area contributed by atoms with Crippen molar-refractivity contribution in [1.82, 2.24) is 19.9 Å². The number of rotatable bonds is 4. The van der Waals surface area contributed by atoms with Crippen LogP contribution < -0.4 is 5.32 Å². The van der Waals surface area contributed by atoms with Crippen molar-refractivity contribution < 1.29 is 4.79 Å². The van der Waals surface area contributed by atoms with Gasteiger partial charge in [-0.25, -0.2) is 0 Å². The highest BCUT2D eigenvalue weighted by atomic mass is 35.5. The van der Waals surface area contributed by atoms with E-state index < -0.39 is 0 Å². The molecule has 0 aliphatic heterocycles. The third kappa shape index (κ3) is 3.19. The summed E-state index contributed by atoms with van der Waals surface area (Å²) >= 11 is 5.91. The molecule has 1 unspecified atom stereocenters. The molecule has 1 N–H and O–H groups in total. The SMILES string of the molecule is CCC(C)NC(=O)c1ccn2c(-c3ccc(Cl)cc3)nnc2c1. The summed E-state index contributed by atoms with van der Waals surface area (Å²) in [6.07, 6.45) is 2.70. The van der Waals surface area contributed by atoms with Crippen molar-refractivity contribution in [1.29, 1.82) is 0 Å². The molecule has 1 aromatic carbocycles. The van der Waals surface area contributed by atoms with Gasteiger partial charge in [-0.15, -0.1) is 10.2 Å². The molecule has 0 saturated carbocycles. The van der Waals surface area contributed by atoms with Crippen molar-refractivity contribution in [2.75, 3.05) is 0 Å². The van der Waals surface area contributed by atoms with Gasteiger partial charge in [0.2, 0.25) is 0 Å². The second-order valence-corrected chi connectivity index (χ2v) is 5.89. The number of fused-ring (bicyclic) bond motifs is 1. The molecule has 118 valence electrons. The Morgan fingerprint density at radius 3 is 2.70 bits per heavy atom. The van der Waals surface area contributed by atoms with E-state index in [4.69, 9.17) is 11.6 Å². The highest BCUT2D eigenvalue weighted by molar-refractivity contribution is 6.30. The van der Waals surface area contributed by atoms with E-state index in [0.29, 0.717) is 22.1 Å². The summed E-state index contributed by atoms with van der Waals surface area (Å²) in [6.45, 7) is 4.01. The molecule has 6 heteroatoms. The number of halogens is 1. The van der Waals surface area contributed by atoms with Crippen LogP contribution in [0.3, 0.4) is 0 Å². The molecule has 2 aromatic heterocycles. The molecule has 5 nitrogen and oxygen atoms in total. The predicted octanol–water partition coefficient (Wildman–Crippen LogP) is 3.58. The molecular formula is C17H17ClN4O. The number of amides is 1. The fourth-order valence-corrected chi connectivity index (χ4v) is 2.36. The molecule has 23 heavy (non-hydrogen) atoms. The van der Waals surface area contributed by atoms with Gasteiger partial charge in [0.05, 0.1) is 0 Å². The van der Waals surface area contributed by atoms with Gasteiger partial charge in [-0.2, -0.15) is 0 Å². The van der Waals surface area contributed by atoms with E-state index in [1.165, 1.54) is 0 Å². The number of carbonyl (C=O) groups is 1. The molecule has 1 amide bonds. The van der Waals surface area contributed by atoms with Gasteiger partial charge in [0.15, 0.2) is 11.5 Å². The lowest BCUT2D eigenvalue weighted by Gasteiger charge is -2.11. The van der Waals surface area contributed by atoms with Crippen molar-refractivity contribution in [3.05, 3.63) is 53.2 Å². The van der Waals surface area contributed by atoms with Crippen molar-refractivity contribution in [2.24, 2.45) is 0 Å². The fraction of sp³-hybridized carbons (Fsp3) is 0.235. The summed E-state index contributed by atoms with van der Waals surface area (Å²) in [5.74, 6) is 0.614. The average molecular weight is 329 g/mol. The first kappa shape index (κ1) is 15.5. The van der Waals surface area contributed by atoms with E-state index in [-0.39, 0.29) is 11.9 Å². The van der Waals surface area contributed by atoms with Crippen LogP contribution in [0.1, 0.15) is 30.6 Å². The fourth-order valence-electron chi connectivity index (χ4n) is 2.24. The van der Waals surface area contributed by atoms with Gasteiger partial charge < -0.3 is 5.32 Å². The molecule has 1 atom stereocenters. The number of carbonyl (C=O) groups excluding carboxylic acids is 1. The smallest absolute Gasteiger partial charge is 0.251 e. The Labute approximate surface area is 139 Å². The van der Waals surface area contributed by atoms with Gasteiger partial charge in [-0.3, -0.25) is 9.20 Å². The Hall–Kier alpha value is -2.40. The minimum Gasteiger partial charge on any atom is -0.350 e. The summed E-state index contributed by atoms with van der Waals surface area (Å²) in [5.41, 5.74) is 2.12. The molecule has 2 heterocycles. The zero-order valence-electron chi connectivity index (χ0n) is 13.0. The van der Waals surface area contributed by atoms with E-state index >= 15 is 0 Å². The predicted molar refractivity (Wildman–Crippen MR) is 90.7 cm³/mol. The van der Waals surface area contributed by atoms with Crippen LogP contribution >= 0.6 is 11.6 Å². The van der Waals surface area contributed by atoms with E-state index in [2.05, 4.69) is 15.5 Å². The van der Waals surface area contributed by atoms with Gasteiger partial charge in [-0.05, 0) is 49.7 Å². The Kier molecular flexibility index (Phi) is 4.30. The van der Waals surface area contributed by atoms with Crippen LogP contribution in [-0.2, 0) is 0 Å². The van der Waals surface area contributed by atoms with Gasteiger partial charge in [0, 0.05) is 28.4 Å². The zero-order valence-corrected chi connectivity index (χ0v) is 13.7. The Bertz CT molecular complexity index is 841. The number of hydrogen-bond acceptors (Lipinski definition) is 3. The van der Waals surface area contributed by atoms with E-state index in [1.54, 1.807) is 12.1 Å². The molecule has 0 spiro atoms. The molecule has 0 aliphatic rings. The Balaban J connectivity index is 1.94. The number of nitrogens with zero attached hydrogens (tertiary/aromatic N) is 3. The second-order valence-electron chi connectivity index (χ2n) is 5.46. The maximum absolute atomic E-state index is 12.2. The summed E-state index contributed by atoms with van der Waals surface area (Å²) in [7, 11) is 0. The molecule has 3 rings (SSSR count). The second kappa shape index (κ2) is 6.38. The highest BCUT2D eigenvalue weighted by Gasteiger charge is 2.12. The molecule has 0 aliphatic carbocycles. The molecule has 3 aromatic rings. The number of benzene rings is 1. The minimum atomic E-state index is -0.0992. The highest BCUT2D eigenvalue weighted by Crippen LogP contribution is 2.21. The van der Waals surface area contributed by atoms with Gasteiger partial charge in [-0.1, -0.05) is 18.5 Å². The maximum atomic E-state index is 12.2. The number of hydrogen-bond donors (Lipinski definition) is 1. The van der Waals surface area contributed by atoms with Gasteiger partial charge in [0.25, 0.3) is 5.91 Å². The minimum absolute atomic E-state index is 0.0992. The van der Waals surface area contributed by atoms with E-state index in [0.717, 1.165) is 12.0 Å². The first-order valence-corrected chi connectivity index (χ1v) is 7.88. The topological polar surface area (TPSA) is 59.3 Å². The largest absolute Gasteiger partial charge is 0.350 e. The first-order valence-electron chi connectivity index (χ1n) is 7.50. The molecule has 0 radical (unpaired) electrons. The lowest BCUT2D eigenvalue weighted by molar-refractivity contribution is 0.0939. The third-order valence-electron chi connectivity index (χ3n) is 3.76. The Morgan fingerprint density at radius 2 is 2.00 bits per heavy atom. The first-order chi connectivity index (χ1) is 11.1. The van der Waals surface area contributed by atoms with Crippen molar-refractivity contribution in [3.8, 4) is 11.4 Å². The van der Waals surface area contributed by atoms with Crippen LogP contribution in [-0.4, -0.2) is 26.5 Å². The number of pyridine rings is 1. The van der Waals surface area contributed by atoms with Crippen LogP contribution in [0, 0.1) is 0 Å². The standard InChI is InChI=1S/C17H17ClN4O/c1-3-11(2)19-17(23)13-8-9-22-15(10-13)20-21-16(22)12-4-6-14(18)7-5-12/h4-11H,3H2,1-2H3,(H,19,23). The zero-order chi connectivity index (χ0) is 16.4. The Morgan fingerprint density at radius 1 is 1.26 bits per heavy atom. The van der Waals surface area contributed by atoms with Gasteiger partial charge in [0.1, 0.15) is 0 Å². The van der Waals surface area contributed by atoms with Crippen molar-refractivity contribution in [2.45, 2.75) is 26.3 Å². The molecule has 0 fully saturated rings. The number of nitrogens with one attached hydrogen (secondary N) is 1. The summed E-state index contributed by atoms with van der Waals surface area (Å²) in [5, 5.41) is 12.0. The van der Waals surface area contributed by atoms with Crippen LogP contribution in [0.2, 0.25) is 5.02 Å². The van der Waals surface area contributed by atoms with Gasteiger partial charge >= 0.3 is 0 Å². The van der Waals surface area contributed by atoms with Crippen LogP contribution in [0.15, 0.2) is 42.6 Å². The molecule has 0 bridgehead atoms. The summed E-state index contributed by atoms with van der Waals surface area (Å²) < 4.78 is 1.85. The quantitative estimate of drug-likeness (QED) is 0.796. The molecular weight excluding hydrogens is 312 g/mol. The normalized spacial score (nSPS) is 12.3. The van der Waals surface area contributed by atoms with E-state index in [9.17, 15) is 4.79 Å². The lowest BCUT2D eigenvalue weighted by atomic mass is 10.2. The third-order valence-corrected chi connectivity index (χ3v) is 4.02. The summed E-state index contributed by atoms with van der Waals surface area (Å²) in [6, 6.07) is 11.1.